The highest BCUT2D eigenvalue weighted by Gasteiger charge is 2.23. The third kappa shape index (κ3) is 12.8. The Hall–Kier alpha value is -0.940. The van der Waals surface area contributed by atoms with Crippen LogP contribution in [0.3, 0.4) is 0 Å². The van der Waals surface area contributed by atoms with Crippen LogP contribution in [0.25, 0.3) is 0 Å². The van der Waals surface area contributed by atoms with Gasteiger partial charge in [0, 0.05) is 18.8 Å². The molecule has 22 heavy (non-hydrogen) atoms. The summed E-state index contributed by atoms with van der Waals surface area (Å²) in [4.78, 5) is 23.4. The minimum Gasteiger partial charge on any atom is -0.550 e. The highest BCUT2D eigenvalue weighted by atomic mass is 16.4. The van der Waals surface area contributed by atoms with E-state index in [9.17, 15) is 19.8 Å². The van der Waals surface area contributed by atoms with E-state index in [-0.39, 0.29) is 6.42 Å². The second-order valence-electron chi connectivity index (χ2n) is 5.49. The zero-order chi connectivity index (χ0) is 24.7. The van der Waals surface area contributed by atoms with Crippen LogP contribution in [-0.4, -0.2) is 54.4 Å². The molecule has 0 aromatic carbocycles. The third-order valence-corrected chi connectivity index (χ3v) is 3.10. The van der Waals surface area contributed by atoms with Crippen LogP contribution in [-0.2, 0) is 9.59 Å². The van der Waals surface area contributed by atoms with Gasteiger partial charge in [-0.2, -0.15) is 0 Å². The molecule has 0 aliphatic heterocycles. The van der Waals surface area contributed by atoms with Crippen molar-refractivity contribution in [1.82, 2.24) is 0 Å². The number of hydrogen-bond acceptors (Lipinski definition) is 4. The second-order valence-corrected chi connectivity index (χ2v) is 5.49. The Balaban J connectivity index is 5.79. The van der Waals surface area contributed by atoms with Gasteiger partial charge in [0.2, 0.25) is 0 Å². The van der Waals surface area contributed by atoms with Crippen LogP contribution >= 0.6 is 0 Å². The van der Waals surface area contributed by atoms with Crippen molar-refractivity contribution < 1.29 is 36.6 Å². The zero-order valence-corrected chi connectivity index (χ0v) is 13.2. The third-order valence-electron chi connectivity index (χ3n) is 3.10. The summed E-state index contributed by atoms with van der Waals surface area (Å²) in [6.45, 7) is -10.6. The highest BCUT2D eigenvalue weighted by molar-refractivity contribution is 5.79. The molecule has 0 bridgehead atoms. The van der Waals surface area contributed by atoms with Gasteiger partial charge in [-0.05, 0) is 6.42 Å². The molecular weight excluding hydrogens is 282 g/mol. The van der Waals surface area contributed by atoms with E-state index in [4.69, 9.17) is 12.3 Å². The van der Waals surface area contributed by atoms with E-state index in [1.807, 2.05) is 0 Å². The summed E-state index contributed by atoms with van der Waals surface area (Å²) in [5.41, 5.74) is 0. The van der Waals surface area contributed by atoms with Crippen LogP contribution in [0.4, 0.5) is 0 Å². The lowest BCUT2D eigenvalue weighted by molar-refractivity contribution is -0.885. The second kappa shape index (κ2) is 11.6. The quantitative estimate of drug-likeness (QED) is 0.386. The summed E-state index contributed by atoms with van der Waals surface area (Å²) >= 11 is 0. The van der Waals surface area contributed by atoms with Crippen LogP contribution < -0.4 is 5.11 Å². The number of carbonyl (C=O) groups is 2. The Morgan fingerprint density at radius 3 is 2.36 bits per heavy atom. The number of carbonyl (C=O) groups excluding carboxylic acids is 2. The average Bonchev–Trinajstić information content (AvgIpc) is 2.55. The number of aliphatic hydroxyl groups is 1. The Bertz CT molecular complexity index is 589. The number of Topliss-reactive ketones (excluding diaryl/α,β-unsaturated/α-hetero) is 1. The van der Waals surface area contributed by atoms with Gasteiger partial charge in [-0.15, -0.1) is 0 Å². The molecule has 5 nitrogen and oxygen atoms in total. The van der Waals surface area contributed by atoms with Gasteiger partial charge < -0.3 is 19.5 Å². The molecular formula is C17H33NO4. The van der Waals surface area contributed by atoms with Gasteiger partial charge in [-0.1, -0.05) is 45.4 Å². The van der Waals surface area contributed by atoms with Crippen molar-refractivity contribution in [1.29, 1.82) is 0 Å². The van der Waals surface area contributed by atoms with Crippen LogP contribution in [0.5, 0.6) is 0 Å². The lowest BCUT2D eigenvalue weighted by atomic mass is 10.1. The van der Waals surface area contributed by atoms with Crippen molar-refractivity contribution in [2.45, 2.75) is 70.8 Å². The maximum atomic E-state index is 12.5. The minimum atomic E-state index is -3.88. The SMILES string of the molecule is [2H]C(O)(CC(=O)[O-])C([2H])([2H])[N+](CC(=O)CCCCCCCCC)(C([2H])([2H])[2H])C([2H])([2H])[2H]. The molecule has 5 heteroatoms. The fourth-order valence-corrected chi connectivity index (χ4v) is 2.06. The number of carboxylic acids is 1. The summed E-state index contributed by atoms with van der Waals surface area (Å²) in [7, 11) is 0. The normalized spacial score (nSPS) is 22.4. The molecule has 1 N–H and O–H groups in total. The van der Waals surface area contributed by atoms with Crippen LogP contribution in [0.15, 0.2) is 0 Å². The highest BCUT2D eigenvalue weighted by Crippen LogP contribution is 2.10. The largest absolute Gasteiger partial charge is 0.550 e. The number of rotatable bonds is 14. The number of quaternary nitrogens is 1. The molecule has 0 aliphatic rings. The molecule has 0 aromatic heterocycles. The Morgan fingerprint density at radius 2 is 1.82 bits per heavy atom. The average molecular weight is 325 g/mol. The Morgan fingerprint density at radius 1 is 1.23 bits per heavy atom. The molecule has 0 rings (SSSR count). The maximum Gasteiger partial charge on any atom is 0.186 e. The van der Waals surface area contributed by atoms with E-state index >= 15 is 0 Å². The first-order chi connectivity index (χ1) is 13.9. The van der Waals surface area contributed by atoms with E-state index in [0.717, 1.165) is 32.1 Å². The fraction of sp³-hybridized carbons (Fsp3) is 0.882. The van der Waals surface area contributed by atoms with Crippen molar-refractivity contribution in [3.63, 3.8) is 0 Å². The van der Waals surface area contributed by atoms with Crippen molar-refractivity contribution in [3.05, 3.63) is 0 Å². The number of carboxylic acid groups (broad SMARTS) is 1. The number of ketones is 1. The molecule has 0 spiro atoms. The molecule has 0 radical (unpaired) electrons. The van der Waals surface area contributed by atoms with Gasteiger partial charge in [0.1, 0.15) is 19.1 Å². The molecule has 0 amide bonds. The summed E-state index contributed by atoms with van der Waals surface area (Å²) in [6.07, 6.45) is 0.437. The van der Waals surface area contributed by atoms with Crippen molar-refractivity contribution in [2.75, 3.05) is 27.0 Å². The Kier molecular flexibility index (Phi) is 5.29. The molecule has 0 aliphatic carbocycles. The van der Waals surface area contributed by atoms with E-state index < -0.39 is 55.7 Å². The first kappa shape index (κ1) is 10.0. The standard InChI is InChI=1S/C17H33NO4/c1-4-5-6-7-8-9-10-11-15(19)13-18(2,3)14-16(20)12-17(21)22/h16,20H,4-14H2,1-3H3/i2D3,3D3,14D2,16D. The van der Waals surface area contributed by atoms with Gasteiger partial charge >= 0.3 is 0 Å². The fourth-order valence-electron chi connectivity index (χ4n) is 2.06. The lowest BCUT2D eigenvalue weighted by Gasteiger charge is -2.31. The van der Waals surface area contributed by atoms with Crippen LogP contribution in [0.2, 0.25) is 0 Å². The lowest BCUT2D eigenvalue weighted by Crippen LogP contribution is -2.49. The molecule has 0 aromatic rings. The summed E-state index contributed by atoms with van der Waals surface area (Å²) in [6, 6.07) is 0. The smallest absolute Gasteiger partial charge is 0.186 e. The maximum absolute atomic E-state index is 12.5. The van der Waals surface area contributed by atoms with Gasteiger partial charge in [0.05, 0.1) is 26.3 Å². The molecule has 0 saturated heterocycles. The topological polar surface area (TPSA) is 77.4 Å². The monoisotopic (exact) mass is 324 g/mol. The van der Waals surface area contributed by atoms with E-state index in [1.165, 1.54) is 0 Å². The van der Waals surface area contributed by atoms with Gasteiger partial charge in [-0.25, -0.2) is 0 Å². The van der Waals surface area contributed by atoms with Gasteiger partial charge in [0.25, 0.3) is 0 Å². The molecule has 0 heterocycles. The van der Waals surface area contributed by atoms with Gasteiger partial charge in [0.15, 0.2) is 5.78 Å². The predicted molar refractivity (Wildman–Crippen MR) is 85.1 cm³/mol. The number of aliphatic carboxylic acids is 1. The molecule has 1 unspecified atom stereocenters. The van der Waals surface area contributed by atoms with Crippen molar-refractivity contribution in [2.24, 2.45) is 0 Å². The van der Waals surface area contributed by atoms with Crippen LogP contribution in [0.1, 0.15) is 77.0 Å². The van der Waals surface area contributed by atoms with Gasteiger partial charge in [-0.3, -0.25) is 4.79 Å². The zero-order valence-electron chi connectivity index (χ0n) is 22.2. The van der Waals surface area contributed by atoms with Crippen LogP contribution in [0, 0.1) is 0 Å². The van der Waals surface area contributed by atoms with E-state index in [1.54, 1.807) is 0 Å². The first-order valence-electron chi connectivity index (χ1n) is 12.2. The first-order valence-corrected chi connectivity index (χ1v) is 7.69. The van der Waals surface area contributed by atoms with Crippen molar-refractivity contribution in [3.8, 4) is 0 Å². The Labute approximate surface area is 147 Å². The number of unbranched alkanes of at least 4 members (excludes halogenated alkanes) is 6. The molecule has 130 valence electrons. The molecule has 0 saturated carbocycles. The molecule has 1 atom stereocenters. The summed E-state index contributed by atoms with van der Waals surface area (Å²) < 4.78 is 67.5. The van der Waals surface area contributed by atoms with Crippen molar-refractivity contribution >= 4 is 11.8 Å². The minimum absolute atomic E-state index is 0.201. The molecule has 0 fully saturated rings. The summed E-state index contributed by atoms with van der Waals surface area (Å²) in [5.74, 6) is -2.95. The summed E-state index contributed by atoms with van der Waals surface area (Å²) in [5, 5.41) is 21.0. The van der Waals surface area contributed by atoms with E-state index in [0.29, 0.717) is 12.8 Å². The van der Waals surface area contributed by atoms with E-state index in [2.05, 4.69) is 6.92 Å². The number of nitrogens with zero attached hydrogens (tertiary/aromatic N) is 1. The number of hydrogen-bond donors (Lipinski definition) is 1. The number of likely N-dealkylation sites (N-methyl/N-ethyl adjacent to an activating group) is 1. The predicted octanol–water partition coefficient (Wildman–Crippen LogP) is 1.27.